The van der Waals surface area contributed by atoms with Crippen molar-refractivity contribution in [1.29, 1.82) is 0 Å². The lowest BCUT2D eigenvalue weighted by Crippen LogP contribution is -2.48. The Morgan fingerprint density at radius 1 is 1.78 bits per heavy atom. The average Bonchev–Trinajstić information content (AvgIpc) is 1.63. The van der Waals surface area contributed by atoms with Crippen LogP contribution in [0.3, 0.4) is 0 Å². The van der Waals surface area contributed by atoms with Crippen LogP contribution in [-0.2, 0) is 4.79 Å². The van der Waals surface area contributed by atoms with Gasteiger partial charge in [0.15, 0.2) is 6.54 Å². The first kappa shape index (κ1) is 8.35. The van der Waals surface area contributed by atoms with Gasteiger partial charge in [-0.15, -0.1) is 0 Å². The number of nitrogens with two attached hydrogens (primary N) is 2. The van der Waals surface area contributed by atoms with Gasteiger partial charge in [0, 0.05) is 4.79 Å². The fourth-order valence-corrected chi connectivity index (χ4v) is 0.332. The lowest BCUT2D eigenvalue weighted by atomic mass is 10.6. The third-order valence-corrected chi connectivity index (χ3v) is 0.902. The quantitative estimate of drug-likeness (QED) is 0.326. The molecule has 0 fully saturated rings. The van der Waals surface area contributed by atoms with Gasteiger partial charge in [0.1, 0.15) is 6.29 Å². The Morgan fingerprint density at radius 2 is 2.22 bits per heavy atom. The molecule has 0 saturated heterocycles. The van der Waals surface area contributed by atoms with E-state index >= 15 is 0 Å². The monoisotopic (exact) mass is 134 g/mol. The van der Waals surface area contributed by atoms with E-state index in [-0.39, 0.29) is 6.54 Å². The number of carbonyl (C=O) groups excluding carboxylic acids is 1. The largest absolute Gasteiger partial charge is 0.564 e. The molecule has 0 heterocycles. The van der Waals surface area contributed by atoms with E-state index in [1.807, 2.05) is 0 Å². The van der Waals surface area contributed by atoms with Crippen LogP contribution < -0.4 is 11.5 Å². The summed E-state index contributed by atoms with van der Waals surface area (Å²) in [7, 11) is 1.58. The maximum Gasteiger partial charge on any atom is 0.530 e. The minimum atomic E-state index is -0.682. The van der Waals surface area contributed by atoms with E-state index in [9.17, 15) is 4.79 Å². The zero-order valence-corrected chi connectivity index (χ0v) is 5.29. The maximum atomic E-state index is 10.1. The highest BCUT2D eigenvalue weighted by Gasteiger charge is 2.12. The highest BCUT2D eigenvalue weighted by atomic mass is 16.4. The van der Waals surface area contributed by atoms with Gasteiger partial charge in [-0.2, -0.15) is 0 Å². The minimum absolute atomic E-state index is 0.0162. The Balaban J connectivity index is 3.50. The highest BCUT2D eigenvalue weighted by Crippen LogP contribution is 1.79. The van der Waals surface area contributed by atoms with Gasteiger partial charge >= 0.3 is 5.97 Å². The molecule has 0 aliphatic heterocycles. The third kappa shape index (κ3) is 3.89. The van der Waals surface area contributed by atoms with Crippen molar-refractivity contribution in [1.82, 2.24) is 4.90 Å². The average molecular weight is 134 g/mol. The summed E-state index contributed by atoms with van der Waals surface area (Å²) < 4.78 is 0. The van der Waals surface area contributed by atoms with Gasteiger partial charge < -0.3 is 16.6 Å². The fraction of sp³-hybridized carbons (Fsp3) is 0.750. The van der Waals surface area contributed by atoms with Crippen LogP contribution >= 0.6 is 0 Å². The van der Waals surface area contributed by atoms with Crippen LogP contribution in [0, 0.1) is 0 Å². The Morgan fingerprint density at radius 3 is 2.33 bits per heavy atom. The van der Waals surface area contributed by atoms with Crippen LogP contribution in [0.5, 0.6) is 0 Å². The molecule has 0 amide bonds. The van der Waals surface area contributed by atoms with Crippen LogP contribution in [0.15, 0.2) is 0 Å². The molecular formula is C4H12N3O2+. The molecular weight excluding hydrogens is 122 g/mol. The second-order valence-electron chi connectivity index (χ2n) is 1.83. The molecule has 0 aromatic rings. The van der Waals surface area contributed by atoms with Crippen LogP contribution in [0.25, 0.3) is 0 Å². The van der Waals surface area contributed by atoms with Gasteiger partial charge in [-0.05, 0) is 7.05 Å². The first-order chi connectivity index (χ1) is 4.04. The number of nitrogens with zero attached hydrogens (tertiary/aromatic N) is 1. The van der Waals surface area contributed by atoms with Crippen molar-refractivity contribution in [2.24, 2.45) is 11.5 Å². The molecule has 0 radical (unpaired) electrons. The smallest absolute Gasteiger partial charge is 0.530 e. The van der Waals surface area contributed by atoms with Gasteiger partial charge in [0.05, 0.1) is 0 Å². The fourth-order valence-electron chi connectivity index (χ4n) is 0.332. The summed E-state index contributed by atoms with van der Waals surface area (Å²) in [4.78, 5) is 11.5. The van der Waals surface area contributed by atoms with Crippen LogP contribution in [0.4, 0.5) is 0 Å². The molecule has 0 aromatic heterocycles. The summed E-state index contributed by atoms with van der Waals surface area (Å²) in [6.07, 6.45) is -0.653. The molecule has 0 saturated carbocycles. The summed E-state index contributed by atoms with van der Waals surface area (Å²) in [6.45, 7) is -0.0162. The molecule has 0 spiro atoms. The predicted molar refractivity (Wildman–Crippen MR) is 33.4 cm³/mol. The normalized spacial score (nSPS) is 10.8. The molecule has 0 aliphatic carbocycles. The Kier molecular flexibility index (Phi) is 3.15. The zero-order chi connectivity index (χ0) is 7.44. The van der Waals surface area contributed by atoms with E-state index in [0.717, 1.165) is 0 Å². The minimum Gasteiger partial charge on any atom is -0.564 e. The van der Waals surface area contributed by atoms with Gasteiger partial charge in [-0.1, -0.05) is 0 Å². The lowest BCUT2D eigenvalue weighted by molar-refractivity contribution is -0.138. The van der Waals surface area contributed by atoms with Gasteiger partial charge in [-0.25, -0.2) is 0 Å². The second-order valence-corrected chi connectivity index (χ2v) is 1.83. The Bertz CT molecular complexity index is 104. The molecule has 0 atom stereocenters. The van der Waals surface area contributed by atoms with Crippen LogP contribution in [0.1, 0.15) is 0 Å². The highest BCUT2D eigenvalue weighted by molar-refractivity contribution is 5.69. The molecule has 0 bridgehead atoms. The van der Waals surface area contributed by atoms with E-state index in [2.05, 4.69) is 0 Å². The molecule has 0 rings (SSSR count). The van der Waals surface area contributed by atoms with Crippen molar-refractivity contribution < 1.29 is 9.90 Å². The summed E-state index contributed by atoms with van der Waals surface area (Å²) in [6, 6.07) is 0. The summed E-state index contributed by atoms with van der Waals surface area (Å²) in [5, 5.41) is 6.51. The summed E-state index contributed by atoms with van der Waals surface area (Å²) in [5.41, 5.74) is 10.3. The van der Waals surface area contributed by atoms with Crippen molar-refractivity contribution >= 4 is 5.97 Å². The first-order valence-corrected chi connectivity index (χ1v) is 2.50. The van der Waals surface area contributed by atoms with Crippen molar-refractivity contribution in [2.45, 2.75) is 6.29 Å². The molecule has 54 valence electrons. The standard InChI is InChI=1S/C4H11N3O2/c1-7(4(5)6)2-3(8)9/h4H,2,5-6H2,1H3,(H,8,9)/p+1. The number of likely N-dealkylation sites (N-methyl/N-ethyl adjacent to an activating group) is 1. The lowest BCUT2D eigenvalue weighted by Gasteiger charge is -2.15. The number of rotatable bonds is 3. The van der Waals surface area contributed by atoms with E-state index in [1.54, 1.807) is 7.05 Å². The number of hydrogen-bond acceptors (Lipinski definition) is 4. The molecule has 5 nitrogen and oxygen atoms in total. The SMILES string of the molecule is CN(CC(=O)[OH2+])C(N)N. The van der Waals surface area contributed by atoms with Gasteiger partial charge in [-0.3, -0.25) is 4.90 Å². The molecule has 9 heavy (non-hydrogen) atoms. The van der Waals surface area contributed by atoms with E-state index in [0.29, 0.717) is 0 Å². The topological polar surface area (TPSA) is 95.2 Å². The van der Waals surface area contributed by atoms with E-state index in [4.69, 9.17) is 16.6 Å². The number of carbonyl (C=O) groups is 1. The maximum absolute atomic E-state index is 10.1. The molecule has 0 unspecified atom stereocenters. The molecule has 5 heteroatoms. The molecule has 0 aromatic carbocycles. The zero-order valence-electron chi connectivity index (χ0n) is 5.29. The Hall–Kier alpha value is -0.650. The van der Waals surface area contributed by atoms with Crippen molar-refractivity contribution in [3.63, 3.8) is 0 Å². The second kappa shape index (κ2) is 3.39. The summed E-state index contributed by atoms with van der Waals surface area (Å²) in [5.74, 6) is -0.682. The van der Waals surface area contributed by atoms with E-state index in [1.165, 1.54) is 4.90 Å². The number of hydrogen-bond donors (Lipinski definition) is 2. The molecule has 6 N–H and O–H groups in total. The van der Waals surface area contributed by atoms with Crippen molar-refractivity contribution in [3.05, 3.63) is 0 Å². The Labute approximate surface area is 53.2 Å². The van der Waals surface area contributed by atoms with Gasteiger partial charge in [0.25, 0.3) is 0 Å². The van der Waals surface area contributed by atoms with Gasteiger partial charge in [0.2, 0.25) is 0 Å². The summed E-state index contributed by atoms with van der Waals surface area (Å²) >= 11 is 0. The first-order valence-electron chi connectivity index (χ1n) is 2.50. The van der Waals surface area contributed by atoms with Crippen LogP contribution in [0.2, 0.25) is 0 Å². The van der Waals surface area contributed by atoms with Crippen molar-refractivity contribution in [2.75, 3.05) is 13.6 Å². The predicted octanol–water partition coefficient (Wildman–Crippen LogP) is -2.63. The third-order valence-electron chi connectivity index (χ3n) is 0.902. The van der Waals surface area contributed by atoms with E-state index < -0.39 is 12.3 Å². The molecule has 0 aliphatic rings. The van der Waals surface area contributed by atoms with Crippen LogP contribution in [-0.4, -0.2) is 35.9 Å². The van der Waals surface area contributed by atoms with Crippen molar-refractivity contribution in [3.8, 4) is 0 Å².